The van der Waals surface area contributed by atoms with Crippen LogP contribution in [-0.2, 0) is 5.60 Å². The second-order valence-electron chi connectivity index (χ2n) is 4.69. The van der Waals surface area contributed by atoms with Crippen LogP contribution in [-0.4, -0.2) is 18.2 Å². The van der Waals surface area contributed by atoms with Crippen molar-refractivity contribution in [3.63, 3.8) is 0 Å². The van der Waals surface area contributed by atoms with Gasteiger partial charge in [0, 0.05) is 6.54 Å². The molecule has 1 unspecified atom stereocenters. The minimum atomic E-state index is -0.658. The van der Waals surface area contributed by atoms with Crippen LogP contribution in [0.5, 0.6) is 0 Å². The molecule has 2 heteroatoms. The van der Waals surface area contributed by atoms with E-state index in [2.05, 4.69) is 37.4 Å². The summed E-state index contributed by atoms with van der Waals surface area (Å²) in [7, 11) is 0. The second kappa shape index (κ2) is 3.95. The fourth-order valence-electron chi connectivity index (χ4n) is 2.38. The van der Waals surface area contributed by atoms with E-state index < -0.39 is 5.60 Å². The number of aliphatic hydroxyl groups is 1. The van der Waals surface area contributed by atoms with Crippen molar-refractivity contribution in [2.75, 3.05) is 13.1 Å². The van der Waals surface area contributed by atoms with E-state index in [0.29, 0.717) is 6.54 Å². The highest BCUT2D eigenvalue weighted by atomic mass is 16.3. The van der Waals surface area contributed by atoms with Crippen LogP contribution in [0.25, 0.3) is 0 Å². The largest absolute Gasteiger partial charge is 0.384 e. The van der Waals surface area contributed by atoms with E-state index in [1.807, 2.05) is 0 Å². The van der Waals surface area contributed by atoms with Gasteiger partial charge in [-0.05, 0) is 38.8 Å². The van der Waals surface area contributed by atoms with Crippen molar-refractivity contribution in [3.05, 3.63) is 34.9 Å². The summed E-state index contributed by atoms with van der Waals surface area (Å²) in [6.45, 7) is 5.86. The number of piperidine rings is 1. The van der Waals surface area contributed by atoms with E-state index in [4.69, 9.17) is 0 Å². The Hall–Kier alpha value is -0.860. The lowest BCUT2D eigenvalue weighted by molar-refractivity contribution is 0.0122. The van der Waals surface area contributed by atoms with Crippen molar-refractivity contribution in [2.45, 2.75) is 32.3 Å². The zero-order valence-electron chi connectivity index (χ0n) is 9.51. The van der Waals surface area contributed by atoms with Crippen LogP contribution >= 0.6 is 0 Å². The van der Waals surface area contributed by atoms with Crippen LogP contribution in [0.4, 0.5) is 0 Å². The molecule has 1 aromatic rings. The molecule has 0 aliphatic carbocycles. The van der Waals surface area contributed by atoms with Gasteiger partial charge in [0.15, 0.2) is 0 Å². The zero-order valence-corrected chi connectivity index (χ0v) is 9.51. The number of hydrogen-bond donors (Lipinski definition) is 2. The third kappa shape index (κ3) is 2.21. The molecule has 0 saturated carbocycles. The van der Waals surface area contributed by atoms with Crippen molar-refractivity contribution in [1.29, 1.82) is 0 Å². The van der Waals surface area contributed by atoms with Crippen LogP contribution in [0.3, 0.4) is 0 Å². The molecule has 1 heterocycles. The summed E-state index contributed by atoms with van der Waals surface area (Å²) >= 11 is 0. The average molecular weight is 205 g/mol. The van der Waals surface area contributed by atoms with Gasteiger partial charge < -0.3 is 10.4 Å². The quantitative estimate of drug-likeness (QED) is 0.733. The maximum absolute atomic E-state index is 10.5. The van der Waals surface area contributed by atoms with Crippen LogP contribution in [0.2, 0.25) is 0 Å². The third-order valence-corrected chi connectivity index (χ3v) is 3.12. The first-order valence-corrected chi connectivity index (χ1v) is 5.62. The van der Waals surface area contributed by atoms with Crippen molar-refractivity contribution >= 4 is 0 Å². The van der Waals surface area contributed by atoms with Gasteiger partial charge in [-0.15, -0.1) is 0 Å². The number of nitrogens with one attached hydrogen (secondary N) is 1. The molecule has 0 amide bonds. The van der Waals surface area contributed by atoms with Crippen LogP contribution in [0.15, 0.2) is 18.2 Å². The topological polar surface area (TPSA) is 32.3 Å². The fourth-order valence-corrected chi connectivity index (χ4v) is 2.38. The molecule has 0 radical (unpaired) electrons. The number of β-amino-alcohol motifs (C(OH)–C–C–N with tert-alkyl or cyclic N) is 1. The van der Waals surface area contributed by atoms with Gasteiger partial charge >= 0.3 is 0 Å². The van der Waals surface area contributed by atoms with Gasteiger partial charge in [-0.2, -0.15) is 0 Å². The summed E-state index contributed by atoms with van der Waals surface area (Å²) in [4.78, 5) is 0. The van der Waals surface area contributed by atoms with E-state index >= 15 is 0 Å². The fraction of sp³-hybridized carbons (Fsp3) is 0.538. The number of aryl methyl sites for hydroxylation is 2. The van der Waals surface area contributed by atoms with Crippen LogP contribution < -0.4 is 5.32 Å². The summed E-state index contributed by atoms with van der Waals surface area (Å²) in [6, 6.07) is 6.34. The highest BCUT2D eigenvalue weighted by Crippen LogP contribution is 2.29. The Balaban J connectivity index is 2.34. The summed E-state index contributed by atoms with van der Waals surface area (Å²) in [5.74, 6) is 0. The number of benzene rings is 1. The third-order valence-electron chi connectivity index (χ3n) is 3.12. The molecule has 82 valence electrons. The van der Waals surface area contributed by atoms with Crippen molar-refractivity contribution in [3.8, 4) is 0 Å². The van der Waals surface area contributed by atoms with Gasteiger partial charge in [0.05, 0.1) is 0 Å². The highest BCUT2D eigenvalue weighted by Gasteiger charge is 2.31. The number of rotatable bonds is 1. The molecule has 2 nitrogen and oxygen atoms in total. The zero-order chi connectivity index (χ0) is 10.9. The molecule has 0 bridgehead atoms. The lowest BCUT2D eigenvalue weighted by atomic mass is 9.85. The normalized spacial score (nSPS) is 26.6. The van der Waals surface area contributed by atoms with Crippen molar-refractivity contribution in [1.82, 2.24) is 5.32 Å². The van der Waals surface area contributed by atoms with E-state index in [9.17, 15) is 5.11 Å². The van der Waals surface area contributed by atoms with Gasteiger partial charge in [-0.1, -0.05) is 29.3 Å². The molecule has 0 aromatic heterocycles. The van der Waals surface area contributed by atoms with Gasteiger partial charge in [-0.3, -0.25) is 0 Å². The molecule has 0 spiro atoms. The van der Waals surface area contributed by atoms with Gasteiger partial charge in [0.2, 0.25) is 0 Å². The first-order valence-electron chi connectivity index (χ1n) is 5.62. The second-order valence-corrected chi connectivity index (χ2v) is 4.69. The molecule has 1 fully saturated rings. The molecular weight excluding hydrogens is 186 g/mol. The summed E-state index contributed by atoms with van der Waals surface area (Å²) in [5.41, 5.74) is 2.86. The first-order chi connectivity index (χ1) is 7.10. The molecule has 1 atom stereocenters. The minimum Gasteiger partial charge on any atom is -0.384 e. The average Bonchev–Trinajstić information content (AvgIpc) is 2.17. The number of hydrogen-bond acceptors (Lipinski definition) is 2. The standard InChI is InChI=1S/C13H19NO/c1-10-6-11(2)8-12(7-10)13(15)4-3-5-14-9-13/h6-8,14-15H,3-5,9H2,1-2H3. The Kier molecular flexibility index (Phi) is 2.81. The molecule has 1 saturated heterocycles. The van der Waals surface area contributed by atoms with Gasteiger partial charge in [0.1, 0.15) is 5.60 Å². The lowest BCUT2D eigenvalue weighted by Gasteiger charge is -2.33. The SMILES string of the molecule is Cc1cc(C)cc(C2(O)CCCNC2)c1. The molecule has 1 aliphatic rings. The maximum atomic E-state index is 10.5. The molecular formula is C13H19NO. The summed E-state index contributed by atoms with van der Waals surface area (Å²) < 4.78 is 0. The Bertz CT molecular complexity index is 333. The van der Waals surface area contributed by atoms with Gasteiger partial charge in [0.25, 0.3) is 0 Å². The predicted octanol–water partition coefficient (Wildman–Crippen LogP) is 1.87. The van der Waals surface area contributed by atoms with Gasteiger partial charge in [-0.25, -0.2) is 0 Å². The molecule has 2 rings (SSSR count). The van der Waals surface area contributed by atoms with Crippen molar-refractivity contribution in [2.24, 2.45) is 0 Å². The Morgan fingerprint density at radius 1 is 1.20 bits per heavy atom. The Morgan fingerprint density at radius 3 is 2.40 bits per heavy atom. The van der Waals surface area contributed by atoms with E-state index in [1.54, 1.807) is 0 Å². The monoisotopic (exact) mass is 205 g/mol. The maximum Gasteiger partial charge on any atom is 0.102 e. The Morgan fingerprint density at radius 2 is 1.87 bits per heavy atom. The first kappa shape index (κ1) is 10.7. The van der Waals surface area contributed by atoms with E-state index in [0.717, 1.165) is 24.9 Å². The summed E-state index contributed by atoms with van der Waals surface area (Å²) in [5, 5.41) is 13.8. The van der Waals surface area contributed by atoms with Crippen LogP contribution in [0, 0.1) is 13.8 Å². The summed E-state index contributed by atoms with van der Waals surface area (Å²) in [6.07, 6.45) is 1.91. The molecule has 1 aliphatic heterocycles. The Labute approximate surface area is 91.3 Å². The smallest absolute Gasteiger partial charge is 0.102 e. The van der Waals surface area contributed by atoms with Crippen molar-refractivity contribution < 1.29 is 5.11 Å². The van der Waals surface area contributed by atoms with Crippen LogP contribution in [0.1, 0.15) is 29.5 Å². The molecule has 15 heavy (non-hydrogen) atoms. The highest BCUT2D eigenvalue weighted by molar-refractivity contribution is 5.33. The van der Waals surface area contributed by atoms with E-state index in [-0.39, 0.29) is 0 Å². The molecule has 2 N–H and O–H groups in total. The minimum absolute atomic E-state index is 0.658. The molecule has 1 aromatic carbocycles. The predicted molar refractivity (Wildman–Crippen MR) is 61.9 cm³/mol. The lowest BCUT2D eigenvalue weighted by Crippen LogP contribution is -2.43. The van der Waals surface area contributed by atoms with E-state index in [1.165, 1.54) is 11.1 Å².